The van der Waals surface area contributed by atoms with Gasteiger partial charge >= 0.3 is 0 Å². The van der Waals surface area contributed by atoms with Crippen molar-refractivity contribution in [1.82, 2.24) is 5.32 Å². The molecule has 4 nitrogen and oxygen atoms in total. The van der Waals surface area contributed by atoms with Gasteiger partial charge in [0.05, 0.1) is 4.88 Å². The summed E-state index contributed by atoms with van der Waals surface area (Å²) in [4.78, 5) is 26.9. The van der Waals surface area contributed by atoms with Crippen molar-refractivity contribution in [2.75, 3.05) is 11.9 Å². The Morgan fingerprint density at radius 2 is 1.88 bits per heavy atom. The second-order valence-electron chi connectivity index (χ2n) is 7.35. The predicted octanol–water partition coefficient (Wildman–Crippen LogP) is 4.57. The van der Waals surface area contributed by atoms with Crippen LogP contribution in [0.2, 0.25) is 0 Å². The monoisotopic (exact) mass is 370 g/mol. The van der Waals surface area contributed by atoms with Gasteiger partial charge in [0.2, 0.25) is 0 Å². The number of carbonyl (C=O) groups excluding carboxylic acids is 2. The van der Waals surface area contributed by atoms with Crippen molar-refractivity contribution in [2.24, 2.45) is 5.92 Å². The number of benzene rings is 1. The predicted molar refractivity (Wildman–Crippen MR) is 107 cm³/mol. The van der Waals surface area contributed by atoms with Crippen molar-refractivity contribution in [2.45, 2.75) is 46.5 Å². The van der Waals surface area contributed by atoms with Gasteiger partial charge in [0.15, 0.2) is 0 Å². The number of fused-ring (bicyclic) bond motifs is 1. The molecule has 26 heavy (non-hydrogen) atoms. The van der Waals surface area contributed by atoms with E-state index in [4.69, 9.17) is 0 Å². The number of carbonyl (C=O) groups is 2. The lowest BCUT2D eigenvalue weighted by atomic mass is 9.99. The van der Waals surface area contributed by atoms with Gasteiger partial charge in [-0.25, -0.2) is 0 Å². The summed E-state index contributed by atoms with van der Waals surface area (Å²) in [6.45, 7) is 6.69. The Hall–Kier alpha value is -2.14. The average molecular weight is 371 g/mol. The zero-order valence-corrected chi connectivity index (χ0v) is 16.5. The van der Waals surface area contributed by atoms with Crippen molar-refractivity contribution >= 4 is 28.8 Å². The van der Waals surface area contributed by atoms with Crippen molar-refractivity contribution in [1.29, 1.82) is 0 Å². The summed E-state index contributed by atoms with van der Waals surface area (Å²) in [5.74, 6) is 0.269. The van der Waals surface area contributed by atoms with E-state index in [1.165, 1.54) is 23.3 Å². The van der Waals surface area contributed by atoms with Crippen LogP contribution in [0.5, 0.6) is 0 Å². The highest BCUT2D eigenvalue weighted by Gasteiger charge is 2.18. The van der Waals surface area contributed by atoms with Gasteiger partial charge in [-0.15, -0.1) is 11.3 Å². The summed E-state index contributed by atoms with van der Waals surface area (Å²) in [5, 5.41) is 5.91. The number of aryl methyl sites for hydroxylation is 3. The van der Waals surface area contributed by atoms with Crippen LogP contribution in [-0.4, -0.2) is 18.4 Å². The van der Waals surface area contributed by atoms with Crippen molar-refractivity contribution in [3.8, 4) is 0 Å². The molecule has 1 heterocycles. The Labute approximate surface area is 159 Å². The third-order valence-electron chi connectivity index (χ3n) is 4.63. The first kappa shape index (κ1) is 18.6. The first-order valence-corrected chi connectivity index (χ1v) is 10.1. The summed E-state index contributed by atoms with van der Waals surface area (Å²) in [7, 11) is 0. The number of anilines is 1. The highest BCUT2D eigenvalue weighted by molar-refractivity contribution is 7.14. The third-order valence-corrected chi connectivity index (χ3v) is 5.86. The van der Waals surface area contributed by atoms with Crippen LogP contribution in [0, 0.1) is 12.8 Å². The third kappa shape index (κ3) is 4.33. The van der Waals surface area contributed by atoms with Gasteiger partial charge in [0.1, 0.15) is 0 Å². The topological polar surface area (TPSA) is 58.2 Å². The molecular formula is C21H26N2O2S. The Bertz CT molecular complexity index is 800. The van der Waals surface area contributed by atoms with E-state index in [1.807, 2.05) is 25.1 Å². The molecule has 138 valence electrons. The molecule has 2 amide bonds. The Morgan fingerprint density at radius 3 is 2.58 bits per heavy atom. The van der Waals surface area contributed by atoms with Crippen LogP contribution in [-0.2, 0) is 12.8 Å². The van der Waals surface area contributed by atoms with E-state index in [1.54, 1.807) is 17.4 Å². The van der Waals surface area contributed by atoms with Gasteiger partial charge in [-0.3, -0.25) is 9.59 Å². The molecule has 0 atom stereocenters. The molecule has 0 bridgehead atoms. The zero-order chi connectivity index (χ0) is 18.7. The van der Waals surface area contributed by atoms with Crippen LogP contribution >= 0.6 is 11.3 Å². The molecule has 2 N–H and O–H groups in total. The van der Waals surface area contributed by atoms with Crippen LogP contribution in [0.15, 0.2) is 24.3 Å². The molecule has 0 spiro atoms. The maximum Gasteiger partial charge on any atom is 0.265 e. The van der Waals surface area contributed by atoms with Crippen LogP contribution in [0.25, 0.3) is 0 Å². The minimum Gasteiger partial charge on any atom is -0.352 e. The average Bonchev–Trinajstić information content (AvgIpc) is 3.05. The van der Waals surface area contributed by atoms with E-state index >= 15 is 0 Å². The highest BCUT2D eigenvalue weighted by Crippen LogP contribution is 2.30. The standard InChI is InChI=1S/C21H26N2O2S/c1-13(2)12-22-20(24)16-8-9-17(14(3)10-16)23-21(25)19-11-15-6-4-5-7-18(15)26-19/h8-11,13H,4-7,12H2,1-3H3,(H,22,24)(H,23,25). The van der Waals surface area contributed by atoms with Crippen LogP contribution in [0.4, 0.5) is 5.69 Å². The van der Waals surface area contributed by atoms with Crippen molar-refractivity contribution < 1.29 is 9.59 Å². The maximum absolute atomic E-state index is 12.6. The number of nitrogens with one attached hydrogen (secondary N) is 2. The molecule has 1 aliphatic carbocycles. The number of rotatable bonds is 5. The summed E-state index contributed by atoms with van der Waals surface area (Å²) in [6, 6.07) is 7.44. The fourth-order valence-corrected chi connectivity index (χ4v) is 4.28. The SMILES string of the molecule is Cc1cc(C(=O)NCC(C)C)ccc1NC(=O)c1cc2c(s1)CCCC2. The molecule has 0 unspecified atom stereocenters. The van der Waals surface area contributed by atoms with Gasteiger partial charge in [0, 0.05) is 22.7 Å². The van der Waals surface area contributed by atoms with Gasteiger partial charge in [-0.2, -0.15) is 0 Å². The van der Waals surface area contributed by atoms with Gasteiger partial charge < -0.3 is 10.6 Å². The van der Waals surface area contributed by atoms with Crippen LogP contribution < -0.4 is 10.6 Å². The van der Waals surface area contributed by atoms with Gasteiger partial charge in [-0.1, -0.05) is 13.8 Å². The van der Waals surface area contributed by atoms with E-state index in [-0.39, 0.29) is 11.8 Å². The number of amides is 2. The van der Waals surface area contributed by atoms with Gasteiger partial charge in [-0.05, 0) is 73.9 Å². The molecule has 1 aromatic carbocycles. The maximum atomic E-state index is 12.6. The minimum absolute atomic E-state index is 0.0653. The molecule has 5 heteroatoms. The second-order valence-corrected chi connectivity index (χ2v) is 8.49. The summed E-state index contributed by atoms with van der Waals surface area (Å²) in [5.41, 5.74) is 3.59. The van der Waals surface area contributed by atoms with Crippen molar-refractivity contribution in [3.05, 3.63) is 50.7 Å². The molecule has 1 aliphatic rings. The molecule has 2 aromatic rings. The zero-order valence-electron chi connectivity index (χ0n) is 15.6. The minimum atomic E-state index is -0.0781. The molecule has 0 saturated heterocycles. The van der Waals surface area contributed by atoms with E-state index in [9.17, 15) is 9.59 Å². The Morgan fingerprint density at radius 1 is 1.12 bits per heavy atom. The van der Waals surface area contributed by atoms with Crippen molar-refractivity contribution in [3.63, 3.8) is 0 Å². The lowest BCUT2D eigenvalue weighted by Crippen LogP contribution is -2.27. The number of thiophene rings is 1. The van der Waals surface area contributed by atoms with Gasteiger partial charge in [0.25, 0.3) is 11.8 Å². The summed E-state index contributed by atoms with van der Waals surface area (Å²) >= 11 is 1.61. The first-order valence-electron chi connectivity index (χ1n) is 9.26. The lowest BCUT2D eigenvalue weighted by molar-refractivity contribution is 0.0948. The molecule has 0 radical (unpaired) electrons. The fraction of sp³-hybridized carbons (Fsp3) is 0.429. The fourth-order valence-electron chi connectivity index (χ4n) is 3.13. The van der Waals surface area contributed by atoms with E-state index in [2.05, 4.69) is 24.5 Å². The first-order chi connectivity index (χ1) is 12.4. The number of hydrogen-bond acceptors (Lipinski definition) is 3. The van der Waals surface area contributed by atoms with Crippen LogP contribution in [0.1, 0.15) is 62.7 Å². The quantitative estimate of drug-likeness (QED) is 0.810. The van der Waals surface area contributed by atoms with E-state index < -0.39 is 0 Å². The normalized spacial score (nSPS) is 13.4. The lowest BCUT2D eigenvalue weighted by Gasteiger charge is -2.11. The molecule has 1 aromatic heterocycles. The molecular weight excluding hydrogens is 344 g/mol. The molecule has 0 fully saturated rings. The Kier molecular flexibility index (Phi) is 5.77. The van der Waals surface area contributed by atoms with E-state index in [0.717, 1.165) is 29.0 Å². The largest absolute Gasteiger partial charge is 0.352 e. The molecule has 0 saturated carbocycles. The Balaban J connectivity index is 1.68. The summed E-state index contributed by atoms with van der Waals surface area (Å²) < 4.78 is 0. The summed E-state index contributed by atoms with van der Waals surface area (Å²) in [6.07, 6.45) is 4.60. The van der Waals surface area contributed by atoms with E-state index in [0.29, 0.717) is 18.0 Å². The second kappa shape index (κ2) is 8.04. The molecule has 0 aliphatic heterocycles. The smallest absolute Gasteiger partial charge is 0.265 e. The van der Waals surface area contributed by atoms with Crippen LogP contribution in [0.3, 0.4) is 0 Å². The molecule has 3 rings (SSSR count). The highest BCUT2D eigenvalue weighted by atomic mass is 32.1. The number of hydrogen-bond donors (Lipinski definition) is 2.